The van der Waals surface area contributed by atoms with E-state index in [0.29, 0.717) is 23.2 Å². The Labute approximate surface area is 136 Å². The summed E-state index contributed by atoms with van der Waals surface area (Å²) in [5.74, 6) is 1.70. The van der Waals surface area contributed by atoms with Crippen molar-refractivity contribution in [2.45, 2.75) is 25.8 Å². The van der Waals surface area contributed by atoms with Gasteiger partial charge in [0.2, 0.25) is 0 Å². The zero-order valence-electron chi connectivity index (χ0n) is 13.4. The summed E-state index contributed by atoms with van der Waals surface area (Å²) < 4.78 is 24.8. The molecule has 1 aliphatic rings. The number of nitrogens with one attached hydrogen (secondary N) is 1. The van der Waals surface area contributed by atoms with Gasteiger partial charge >= 0.3 is 0 Å². The Morgan fingerprint density at radius 1 is 1.30 bits per heavy atom. The number of nitrogens with zero attached hydrogens (tertiary/aromatic N) is 3. The van der Waals surface area contributed by atoms with Gasteiger partial charge in [0.05, 0.1) is 11.5 Å². The third kappa shape index (κ3) is 3.90. The monoisotopic (exact) mass is 334 g/mol. The smallest absolute Gasteiger partial charge is 0.181 e. The molecule has 0 saturated carbocycles. The molecule has 1 aromatic carbocycles. The van der Waals surface area contributed by atoms with Crippen LogP contribution < -0.4 is 5.32 Å². The van der Waals surface area contributed by atoms with Crippen LogP contribution in [0.25, 0.3) is 11.4 Å². The van der Waals surface area contributed by atoms with Crippen molar-refractivity contribution in [3.63, 3.8) is 0 Å². The first-order valence-corrected chi connectivity index (χ1v) is 9.68. The van der Waals surface area contributed by atoms with Crippen molar-refractivity contribution in [3.05, 3.63) is 30.6 Å². The van der Waals surface area contributed by atoms with Gasteiger partial charge in [-0.05, 0) is 37.8 Å². The zero-order chi connectivity index (χ0) is 16.4. The summed E-state index contributed by atoms with van der Waals surface area (Å²) in [6.07, 6.45) is 3.15. The zero-order valence-corrected chi connectivity index (χ0v) is 14.3. The van der Waals surface area contributed by atoms with E-state index in [1.54, 1.807) is 11.0 Å². The molecule has 23 heavy (non-hydrogen) atoms. The third-order valence-electron chi connectivity index (χ3n) is 4.42. The second-order valence-electron chi connectivity index (χ2n) is 6.24. The van der Waals surface area contributed by atoms with E-state index in [2.05, 4.69) is 22.3 Å². The van der Waals surface area contributed by atoms with Crippen molar-refractivity contribution in [1.82, 2.24) is 14.8 Å². The standard InChI is InChI=1S/C16H22N4O2S/c1-12(13-6-8-23(21,22)9-7-13)18-15-5-3-4-14(10-15)16-17-11-20(2)19-16/h3-5,10-13,18H,6-9H2,1-2H3. The highest BCUT2D eigenvalue weighted by Crippen LogP contribution is 2.26. The molecular weight excluding hydrogens is 312 g/mol. The molecule has 1 N–H and O–H groups in total. The lowest BCUT2D eigenvalue weighted by molar-refractivity contribution is 0.420. The summed E-state index contributed by atoms with van der Waals surface area (Å²) in [7, 11) is -0.964. The van der Waals surface area contributed by atoms with E-state index >= 15 is 0 Å². The Bertz CT molecular complexity index is 771. The van der Waals surface area contributed by atoms with Crippen molar-refractivity contribution >= 4 is 15.5 Å². The van der Waals surface area contributed by atoms with Crippen molar-refractivity contribution < 1.29 is 8.42 Å². The molecule has 0 bridgehead atoms. The molecule has 1 aromatic heterocycles. The van der Waals surface area contributed by atoms with E-state index in [-0.39, 0.29) is 6.04 Å². The van der Waals surface area contributed by atoms with Crippen LogP contribution in [0, 0.1) is 5.92 Å². The van der Waals surface area contributed by atoms with Crippen LogP contribution in [-0.2, 0) is 16.9 Å². The molecule has 0 aliphatic carbocycles. The molecule has 1 saturated heterocycles. The Kier molecular flexibility index (Phi) is 4.39. The normalized spacial score (nSPS) is 19.4. The van der Waals surface area contributed by atoms with Crippen molar-refractivity contribution in [2.75, 3.05) is 16.8 Å². The highest BCUT2D eigenvalue weighted by Gasteiger charge is 2.27. The fourth-order valence-corrected chi connectivity index (χ4v) is 4.54. The fraction of sp³-hybridized carbons (Fsp3) is 0.500. The molecule has 0 radical (unpaired) electrons. The SMILES string of the molecule is CC(Nc1cccc(-c2ncn(C)n2)c1)C1CCS(=O)(=O)CC1. The van der Waals surface area contributed by atoms with Gasteiger partial charge in [-0.25, -0.2) is 13.4 Å². The molecule has 1 unspecified atom stereocenters. The van der Waals surface area contributed by atoms with Gasteiger partial charge in [0, 0.05) is 24.3 Å². The van der Waals surface area contributed by atoms with E-state index in [4.69, 9.17) is 0 Å². The molecule has 1 aliphatic heterocycles. The molecule has 3 rings (SSSR count). The van der Waals surface area contributed by atoms with Gasteiger partial charge in [-0.3, -0.25) is 4.68 Å². The van der Waals surface area contributed by atoms with Gasteiger partial charge in [0.1, 0.15) is 16.2 Å². The molecule has 7 heteroatoms. The van der Waals surface area contributed by atoms with Crippen LogP contribution in [-0.4, -0.2) is 40.7 Å². The first kappa shape index (κ1) is 16.0. The van der Waals surface area contributed by atoms with E-state index in [9.17, 15) is 8.42 Å². The van der Waals surface area contributed by atoms with Gasteiger partial charge in [0.25, 0.3) is 0 Å². The minimum absolute atomic E-state index is 0.234. The molecule has 124 valence electrons. The fourth-order valence-electron chi connectivity index (χ4n) is 3.01. The molecule has 2 heterocycles. The van der Waals surface area contributed by atoms with Crippen LogP contribution in [0.2, 0.25) is 0 Å². The van der Waals surface area contributed by atoms with Crippen LogP contribution in [0.1, 0.15) is 19.8 Å². The Hall–Kier alpha value is -1.89. The van der Waals surface area contributed by atoms with Gasteiger partial charge in [-0.2, -0.15) is 5.10 Å². The first-order chi connectivity index (χ1) is 10.9. The second kappa shape index (κ2) is 6.31. The lowest BCUT2D eigenvalue weighted by Gasteiger charge is -2.29. The lowest BCUT2D eigenvalue weighted by Crippen LogP contribution is -2.33. The number of hydrogen-bond acceptors (Lipinski definition) is 5. The third-order valence-corrected chi connectivity index (χ3v) is 6.14. The number of hydrogen-bond donors (Lipinski definition) is 1. The number of sulfone groups is 1. The number of anilines is 1. The molecular formula is C16H22N4O2S. The summed E-state index contributed by atoms with van der Waals surface area (Å²) >= 11 is 0. The Morgan fingerprint density at radius 2 is 2.04 bits per heavy atom. The maximum atomic E-state index is 11.5. The van der Waals surface area contributed by atoms with Crippen LogP contribution in [0.3, 0.4) is 0 Å². The van der Waals surface area contributed by atoms with Gasteiger partial charge < -0.3 is 5.32 Å². The van der Waals surface area contributed by atoms with Crippen LogP contribution in [0.5, 0.6) is 0 Å². The summed E-state index contributed by atoms with van der Waals surface area (Å²) in [4.78, 5) is 4.27. The summed E-state index contributed by atoms with van der Waals surface area (Å²) in [6, 6.07) is 8.25. The Balaban J connectivity index is 1.68. The minimum Gasteiger partial charge on any atom is -0.382 e. The van der Waals surface area contributed by atoms with Crippen LogP contribution in [0.15, 0.2) is 30.6 Å². The number of benzene rings is 1. The predicted molar refractivity (Wildman–Crippen MR) is 90.9 cm³/mol. The van der Waals surface area contributed by atoms with Gasteiger partial charge in [0.15, 0.2) is 5.82 Å². The topological polar surface area (TPSA) is 76.9 Å². The predicted octanol–water partition coefficient (Wildman–Crippen LogP) is 2.11. The second-order valence-corrected chi connectivity index (χ2v) is 8.55. The average molecular weight is 334 g/mol. The van der Waals surface area contributed by atoms with Crippen LogP contribution in [0.4, 0.5) is 5.69 Å². The quantitative estimate of drug-likeness (QED) is 0.926. The number of aromatic nitrogens is 3. The summed E-state index contributed by atoms with van der Waals surface area (Å²) in [5.41, 5.74) is 1.98. The summed E-state index contributed by atoms with van der Waals surface area (Å²) in [6.45, 7) is 2.12. The van der Waals surface area contributed by atoms with E-state index in [1.807, 2.05) is 31.3 Å². The molecule has 1 fully saturated rings. The lowest BCUT2D eigenvalue weighted by atomic mass is 9.94. The maximum absolute atomic E-state index is 11.5. The van der Waals surface area contributed by atoms with Crippen molar-refractivity contribution in [2.24, 2.45) is 13.0 Å². The number of aryl methyl sites for hydroxylation is 1. The maximum Gasteiger partial charge on any atom is 0.181 e. The molecule has 6 nitrogen and oxygen atoms in total. The van der Waals surface area contributed by atoms with E-state index < -0.39 is 9.84 Å². The van der Waals surface area contributed by atoms with Crippen molar-refractivity contribution in [1.29, 1.82) is 0 Å². The Morgan fingerprint density at radius 3 is 2.70 bits per heavy atom. The van der Waals surface area contributed by atoms with Crippen LogP contribution >= 0.6 is 0 Å². The highest BCUT2D eigenvalue weighted by molar-refractivity contribution is 7.91. The summed E-state index contributed by atoms with van der Waals surface area (Å²) in [5, 5.41) is 7.82. The molecule has 0 amide bonds. The minimum atomic E-state index is -2.81. The largest absolute Gasteiger partial charge is 0.382 e. The van der Waals surface area contributed by atoms with Crippen molar-refractivity contribution in [3.8, 4) is 11.4 Å². The average Bonchev–Trinajstić information content (AvgIpc) is 2.94. The molecule has 2 aromatic rings. The highest BCUT2D eigenvalue weighted by atomic mass is 32.2. The first-order valence-electron chi connectivity index (χ1n) is 7.86. The van der Waals surface area contributed by atoms with Gasteiger partial charge in [-0.15, -0.1) is 0 Å². The van der Waals surface area contributed by atoms with Gasteiger partial charge in [-0.1, -0.05) is 12.1 Å². The van der Waals surface area contributed by atoms with E-state index in [1.165, 1.54) is 0 Å². The van der Waals surface area contributed by atoms with E-state index in [0.717, 1.165) is 24.1 Å². The number of rotatable bonds is 4. The molecule has 0 spiro atoms. The molecule has 1 atom stereocenters.